The molecule has 0 saturated heterocycles. The van der Waals surface area contributed by atoms with Gasteiger partial charge in [-0.25, -0.2) is 0 Å². The number of nitrogens with one attached hydrogen (secondary N) is 1. The first-order valence-electron chi connectivity index (χ1n) is 12.0. The van der Waals surface area contributed by atoms with Crippen molar-refractivity contribution in [3.8, 4) is 0 Å². The molecule has 0 aromatic heterocycles. The van der Waals surface area contributed by atoms with Gasteiger partial charge in [0, 0.05) is 16.5 Å². The highest BCUT2D eigenvalue weighted by Gasteiger charge is 2.35. The normalized spacial score (nSPS) is 15.8. The number of nitrogens with zero attached hydrogens (tertiary/aromatic N) is 1. The van der Waals surface area contributed by atoms with Gasteiger partial charge in [-0.3, -0.25) is 4.99 Å². The van der Waals surface area contributed by atoms with E-state index in [0.29, 0.717) is 0 Å². The molecule has 35 heavy (non-hydrogen) atoms. The Morgan fingerprint density at radius 2 is 1.51 bits per heavy atom. The van der Waals surface area contributed by atoms with Gasteiger partial charge in [0.2, 0.25) is 0 Å². The van der Waals surface area contributed by atoms with Gasteiger partial charge in [-0.05, 0) is 38.6 Å². The summed E-state index contributed by atoms with van der Waals surface area (Å²) in [6.07, 6.45) is -0.174. The van der Waals surface area contributed by atoms with E-state index in [9.17, 15) is 5.11 Å². The van der Waals surface area contributed by atoms with Crippen LogP contribution in [-0.2, 0) is 4.65 Å². The van der Waals surface area contributed by atoms with Crippen molar-refractivity contribution >= 4 is 35.1 Å². The van der Waals surface area contributed by atoms with E-state index in [1.165, 1.54) is 10.8 Å². The second kappa shape index (κ2) is 8.99. The maximum Gasteiger partial charge on any atom is 0.330 e. The van der Waals surface area contributed by atoms with E-state index in [4.69, 9.17) is 9.65 Å². The smallest absolute Gasteiger partial charge is 0.330 e. The average molecular weight is 461 g/mol. The number of fused-ring (bicyclic) bond motifs is 3. The molecule has 175 valence electrons. The second-order valence-corrected chi connectivity index (χ2v) is 10.1. The Balaban J connectivity index is 1.51. The summed E-state index contributed by atoms with van der Waals surface area (Å²) >= 11 is 0. The van der Waals surface area contributed by atoms with Crippen molar-refractivity contribution in [2.24, 2.45) is 4.99 Å². The largest absolute Gasteiger partial charge is 0.427 e. The molecular formula is C30H30BN2O2. The molecule has 0 saturated carbocycles. The van der Waals surface area contributed by atoms with Gasteiger partial charge in [0.15, 0.2) is 0 Å². The Hall–Kier alpha value is -3.41. The second-order valence-electron chi connectivity index (χ2n) is 10.1. The molecule has 4 aromatic carbocycles. The van der Waals surface area contributed by atoms with E-state index in [2.05, 4.69) is 66.0 Å². The maximum atomic E-state index is 10.4. The summed E-state index contributed by atoms with van der Waals surface area (Å²) in [5, 5.41) is 16.4. The lowest BCUT2D eigenvalue weighted by Gasteiger charge is -2.37. The Kier molecular flexibility index (Phi) is 6.00. The van der Waals surface area contributed by atoms with E-state index < -0.39 is 11.2 Å². The third kappa shape index (κ3) is 4.62. The number of rotatable bonds is 6. The van der Waals surface area contributed by atoms with Crippen LogP contribution in [0.3, 0.4) is 0 Å². The minimum absolute atomic E-state index is 0.174. The van der Waals surface area contributed by atoms with Gasteiger partial charge >= 0.3 is 7.48 Å². The van der Waals surface area contributed by atoms with Crippen molar-refractivity contribution in [1.82, 2.24) is 0 Å². The Labute approximate surface area is 208 Å². The van der Waals surface area contributed by atoms with Gasteiger partial charge in [0.25, 0.3) is 0 Å². The molecule has 0 amide bonds. The van der Waals surface area contributed by atoms with Crippen molar-refractivity contribution in [3.05, 3.63) is 108 Å². The molecule has 1 aliphatic heterocycles. The zero-order chi connectivity index (χ0) is 24.6. The number of benzene rings is 4. The van der Waals surface area contributed by atoms with Crippen molar-refractivity contribution < 1.29 is 9.76 Å². The molecule has 0 aliphatic carbocycles. The molecule has 1 aliphatic rings. The number of aliphatic imine (C=N–C) groups is 1. The van der Waals surface area contributed by atoms with Crippen LogP contribution in [0, 0.1) is 0 Å². The molecular weight excluding hydrogens is 431 g/mol. The summed E-state index contributed by atoms with van der Waals surface area (Å²) < 4.78 is 5.93. The number of anilines is 1. The molecule has 1 unspecified atom stereocenters. The monoisotopic (exact) mass is 461 g/mol. The first kappa shape index (κ1) is 23.3. The van der Waals surface area contributed by atoms with Crippen LogP contribution in [0.5, 0.6) is 0 Å². The Bertz CT molecular complexity index is 1370. The minimum atomic E-state index is -0.966. The summed E-state index contributed by atoms with van der Waals surface area (Å²) in [4.78, 5) is 5.15. The van der Waals surface area contributed by atoms with Crippen LogP contribution in [0.25, 0.3) is 10.8 Å². The van der Waals surface area contributed by atoms with Crippen LogP contribution < -0.4 is 10.8 Å². The van der Waals surface area contributed by atoms with Gasteiger partial charge in [0.1, 0.15) is 6.17 Å². The molecule has 4 nitrogen and oxygen atoms in total. The van der Waals surface area contributed by atoms with E-state index in [0.717, 1.165) is 33.6 Å². The molecule has 5 rings (SSSR count). The number of aliphatic hydroxyl groups is 1. The first-order chi connectivity index (χ1) is 16.7. The summed E-state index contributed by atoms with van der Waals surface area (Å²) in [5.41, 5.74) is 4.57. The van der Waals surface area contributed by atoms with E-state index >= 15 is 0 Å². The Morgan fingerprint density at radius 1 is 0.829 bits per heavy atom. The molecule has 1 radical (unpaired) electrons. The van der Waals surface area contributed by atoms with E-state index in [-0.39, 0.29) is 6.17 Å². The molecule has 0 bridgehead atoms. The van der Waals surface area contributed by atoms with Gasteiger partial charge in [-0.1, -0.05) is 96.5 Å². The number of hydrogen-bond donors (Lipinski definition) is 2. The SMILES string of the molecule is CC(C)(O)C(C)(C)O[B]c1ccc(C2=NC(c3ccccc3)Nc3c2ccc2ccccc32)cc1. The van der Waals surface area contributed by atoms with Crippen molar-refractivity contribution in [2.75, 3.05) is 5.32 Å². The predicted octanol–water partition coefficient (Wildman–Crippen LogP) is 5.61. The fraction of sp³-hybridized carbons (Fsp3) is 0.233. The first-order valence-corrected chi connectivity index (χ1v) is 12.0. The Morgan fingerprint density at radius 3 is 2.23 bits per heavy atom. The van der Waals surface area contributed by atoms with Crippen LogP contribution >= 0.6 is 0 Å². The van der Waals surface area contributed by atoms with Crippen LogP contribution in [0.4, 0.5) is 5.69 Å². The highest BCUT2D eigenvalue weighted by atomic mass is 16.5. The quantitative estimate of drug-likeness (QED) is 0.367. The van der Waals surface area contributed by atoms with Gasteiger partial charge < -0.3 is 15.1 Å². The van der Waals surface area contributed by atoms with Crippen LogP contribution in [0.1, 0.15) is 50.6 Å². The topological polar surface area (TPSA) is 53.9 Å². The third-order valence-electron chi connectivity index (χ3n) is 6.99. The summed E-state index contributed by atoms with van der Waals surface area (Å²) in [7, 11) is 1.71. The minimum Gasteiger partial charge on any atom is -0.427 e. The highest BCUT2D eigenvalue weighted by molar-refractivity contribution is 6.47. The summed E-state index contributed by atoms with van der Waals surface area (Å²) in [5.74, 6) is 0. The molecule has 1 heterocycles. The summed E-state index contributed by atoms with van der Waals surface area (Å²) in [6, 6.07) is 31.3. The fourth-order valence-corrected chi connectivity index (χ4v) is 4.09. The van der Waals surface area contributed by atoms with E-state index in [1.54, 1.807) is 21.3 Å². The summed E-state index contributed by atoms with van der Waals surface area (Å²) in [6.45, 7) is 7.27. The van der Waals surface area contributed by atoms with E-state index in [1.807, 2.05) is 44.2 Å². The molecule has 0 spiro atoms. The van der Waals surface area contributed by atoms with Crippen LogP contribution in [0.15, 0.2) is 96.0 Å². The van der Waals surface area contributed by atoms with Crippen molar-refractivity contribution in [2.45, 2.75) is 45.1 Å². The molecule has 2 N–H and O–H groups in total. The molecule has 5 heteroatoms. The zero-order valence-corrected chi connectivity index (χ0v) is 20.6. The maximum absolute atomic E-state index is 10.4. The van der Waals surface area contributed by atoms with Crippen molar-refractivity contribution in [1.29, 1.82) is 0 Å². The van der Waals surface area contributed by atoms with Gasteiger partial charge in [-0.2, -0.15) is 0 Å². The third-order valence-corrected chi connectivity index (χ3v) is 6.99. The van der Waals surface area contributed by atoms with Crippen LogP contribution in [-0.4, -0.2) is 29.5 Å². The highest BCUT2D eigenvalue weighted by Crippen LogP contribution is 2.37. The molecule has 4 aromatic rings. The lowest BCUT2D eigenvalue weighted by molar-refractivity contribution is -0.0893. The number of hydrogen-bond acceptors (Lipinski definition) is 4. The predicted molar refractivity (Wildman–Crippen MR) is 146 cm³/mol. The standard InChI is InChI=1S/C30H30BN2O2/c1-29(2,34)30(3,4)35-31-23-17-14-21(15-18-23)26-25-19-16-20-10-8-9-13-24(20)27(25)33-28(32-26)22-11-6-5-7-12-22/h5-19,28,33-34H,1-4H3. The zero-order valence-electron chi connectivity index (χ0n) is 20.6. The fourth-order valence-electron chi connectivity index (χ4n) is 4.09. The lowest BCUT2D eigenvalue weighted by atomic mass is 9.82. The van der Waals surface area contributed by atoms with Crippen molar-refractivity contribution in [3.63, 3.8) is 0 Å². The molecule has 1 atom stereocenters. The van der Waals surface area contributed by atoms with Crippen LogP contribution in [0.2, 0.25) is 0 Å². The molecule has 0 fully saturated rings. The lowest BCUT2D eigenvalue weighted by Crippen LogP contribution is -2.49. The van der Waals surface area contributed by atoms with Gasteiger partial charge in [-0.15, -0.1) is 0 Å². The van der Waals surface area contributed by atoms with Gasteiger partial charge in [0.05, 0.1) is 22.6 Å². The average Bonchev–Trinajstić information content (AvgIpc) is 2.87.